The van der Waals surface area contributed by atoms with E-state index in [2.05, 4.69) is 15.0 Å². The zero-order valence-corrected chi connectivity index (χ0v) is 10.7. The number of hydrogen-bond donors (Lipinski definition) is 2. The standard InChI is InChI=1S/C11H8Cl2N2O3/c1-5-6(12)4-7(10(16)9(5)13)15-11(17)8-2-3-14-18-8/h2-4,16H,1H3,(H,15,17). The molecule has 1 amide bonds. The maximum absolute atomic E-state index is 11.7. The van der Waals surface area contributed by atoms with Crippen molar-refractivity contribution in [2.75, 3.05) is 5.32 Å². The van der Waals surface area contributed by atoms with E-state index in [0.29, 0.717) is 10.6 Å². The Labute approximate surface area is 112 Å². The van der Waals surface area contributed by atoms with E-state index in [-0.39, 0.29) is 22.2 Å². The molecule has 7 heteroatoms. The first-order chi connectivity index (χ1) is 8.50. The number of rotatable bonds is 2. The molecule has 1 heterocycles. The summed E-state index contributed by atoms with van der Waals surface area (Å²) in [6.07, 6.45) is 1.34. The van der Waals surface area contributed by atoms with Crippen molar-refractivity contribution in [2.45, 2.75) is 6.92 Å². The predicted molar refractivity (Wildman–Crippen MR) is 67.3 cm³/mol. The van der Waals surface area contributed by atoms with Gasteiger partial charge in [0.15, 0.2) is 5.75 Å². The number of halogens is 2. The highest BCUT2D eigenvalue weighted by Gasteiger charge is 2.16. The number of nitrogens with zero attached hydrogens (tertiary/aromatic N) is 1. The second-order valence-corrected chi connectivity index (χ2v) is 4.31. The molecular formula is C11H8Cl2N2O3. The van der Waals surface area contributed by atoms with Gasteiger partial charge in [-0.1, -0.05) is 28.4 Å². The molecule has 2 aromatic rings. The average Bonchev–Trinajstić information content (AvgIpc) is 2.87. The number of anilines is 1. The summed E-state index contributed by atoms with van der Waals surface area (Å²) >= 11 is 11.8. The molecule has 0 bridgehead atoms. The Morgan fingerprint density at radius 3 is 2.83 bits per heavy atom. The minimum absolute atomic E-state index is 0.0159. The predicted octanol–water partition coefficient (Wildman–Crippen LogP) is 3.25. The van der Waals surface area contributed by atoms with Gasteiger partial charge < -0.3 is 14.9 Å². The summed E-state index contributed by atoms with van der Waals surface area (Å²) in [6.45, 7) is 1.66. The van der Waals surface area contributed by atoms with Gasteiger partial charge in [-0.15, -0.1) is 0 Å². The maximum Gasteiger partial charge on any atom is 0.294 e. The van der Waals surface area contributed by atoms with Gasteiger partial charge in [0.1, 0.15) is 0 Å². The first-order valence-electron chi connectivity index (χ1n) is 4.90. The number of hydrogen-bond acceptors (Lipinski definition) is 4. The van der Waals surface area contributed by atoms with Gasteiger partial charge in [-0.2, -0.15) is 0 Å². The molecule has 2 N–H and O–H groups in total. The summed E-state index contributed by atoms with van der Waals surface area (Å²) in [7, 11) is 0. The van der Waals surface area contributed by atoms with Gasteiger partial charge >= 0.3 is 0 Å². The van der Waals surface area contributed by atoms with Gasteiger partial charge in [0.2, 0.25) is 5.76 Å². The van der Waals surface area contributed by atoms with Crippen LogP contribution >= 0.6 is 23.2 Å². The largest absolute Gasteiger partial charge is 0.504 e. The number of aromatic nitrogens is 1. The van der Waals surface area contributed by atoms with E-state index in [1.165, 1.54) is 18.3 Å². The molecule has 18 heavy (non-hydrogen) atoms. The van der Waals surface area contributed by atoms with Crippen molar-refractivity contribution in [3.8, 4) is 5.75 Å². The number of benzene rings is 1. The lowest BCUT2D eigenvalue weighted by atomic mass is 10.2. The van der Waals surface area contributed by atoms with Crippen LogP contribution in [0.5, 0.6) is 5.75 Å². The van der Waals surface area contributed by atoms with Crippen LogP contribution in [0.3, 0.4) is 0 Å². The quantitative estimate of drug-likeness (QED) is 0.831. The smallest absolute Gasteiger partial charge is 0.294 e. The van der Waals surface area contributed by atoms with E-state index < -0.39 is 5.91 Å². The van der Waals surface area contributed by atoms with E-state index >= 15 is 0 Å². The lowest BCUT2D eigenvalue weighted by Gasteiger charge is -2.10. The normalized spacial score (nSPS) is 10.4. The highest BCUT2D eigenvalue weighted by Crippen LogP contribution is 2.38. The molecule has 0 aliphatic carbocycles. The monoisotopic (exact) mass is 286 g/mol. The minimum atomic E-state index is -0.557. The van der Waals surface area contributed by atoms with Crippen LogP contribution in [-0.2, 0) is 0 Å². The van der Waals surface area contributed by atoms with Gasteiger partial charge in [0.05, 0.1) is 16.9 Å². The Kier molecular flexibility index (Phi) is 3.45. The Bertz CT molecular complexity index is 597. The molecule has 1 aromatic carbocycles. The molecule has 0 saturated heterocycles. The fourth-order valence-electron chi connectivity index (χ4n) is 1.32. The first-order valence-corrected chi connectivity index (χ1v) is 5.66. The molecule has 0 spiro atoms. The molecular weight excluding hydrogens is 279 g/mol. The molecule has 0 fully saturated rings. The van der Waals surface area contributed by atoms with Crippen molar-refractivity contribution in [2.24, 2.45) is 0 Å². The van der Waals surface area contributed by atoms with Crippen molar-refractivity contribution in [3.05, 3.63) is 39.7 Å². The molecule has 1 aromatic heterocycles. The summed E-state index contributed by atoms with van der Waals surface area (Å²) < 4.78 is 4.68. The highest BCUT2D eigenvalue weighted by atomic mass is 35.5. The third-order valence-electron chi connectivity index (χ3n) is 2.33. The van der Waals surface area contributed by atoms with E-state index in [9.17, 15) is 9.90 Å². The number of carbonyl (C=O) groups excluding carboxylic acids is 1. The second kappa shape index (κ2) is 4.88. The molecule has 2 rings (SSSR count). The SMILES string of the molecule is Cc1c(Cl)cc(NC(=O)c2ccno2)c(O)c1Cl. The number of phenols is 1. The van der Waals surface area contributed by atoms with Crippen LogP contribution in [-0.4, -0.2) is 16.2 Å². The van der Waals surface area contributed by atoms with Crippen LogP contribution in [0.25, 0.3) is 0 Å². The van der Waals surface area contributed by atoms with Gasteiger partial charge in [-0.05, 0) is 18.6 Å². The highest BCUT2D eigenvalue weighted by molar-refractivity contribution is 6.37. The molecule has 94 valence electrons. The molecule has 0 radical (unpaired) electrons. The van der Waals surface area contributed by atoms with Gasteiger partial charge in [-0.3, -0.25) is 4.79 Å². The zero-order chi connectivity index (χ0) is 13.3. The molecule has 0 atom stereocenters. The number of nitrogens with one attached hydrogen (secondary N) is 1. The van der Waals surface area contributed by atoms with Gasteiger partial charge in [-0.25, -0.2) is 0 Å². The summed E-state index contributed by atoms with van der Waals surface area (Å²) in [5.74, 6) is -0.785. The molecule has 0 saturated carbocycles. The van der Waals surface area contributed by atoms with Crippen molar-refractivity contribution in [3.63, 3.8) is 0 Å². The topological polar surface area (TPSA) is 75.4 Å². The number of amides is 1. The first kappa shape index (κ1) is 12.7. The summed E-state index contributed by atoms with van der Waals surface area (Å²) in [4.78, 5) is 11.7. The van der Waals surface area contributed by atoms with Crippen LogP contribution in [0.2, 0.25) is 10.0 Å². The third-order valence-corrected chi connectivity index (χ3v) is 3.19. The number of aromatic hydroxyl groups is 1. The fourth-order valence-corrected chi connectivity index (χ4v) is 1.77. The third kappa shape index (κ3) is 2.27. The Morgan fingerprint density at radius 2 is 2.22 bits per heavy atom. The van der Waals surface area contributed by atoms with Crippen LogP contribution in [0.15, 0.2) is 22.9 Å². The number of phenolic OH excluding ortho intramolecular Hbond substituents is 1. The summed E-state index contributed by atoms with van der Waals surface area (Å²) in [6, 6.07) is 2.80. The molecule has 0 unspecified atom stereocenters. The zero-order valence-electron chi connectivity index (χ0n) is 9.20. The lowest BCUT2D eigenvalue weighted by molar-refractivity contribution is 0.0987. The Hall–Kier alpha value is -1.72. The fraction of sp³-hybridized carbons (Fsp3) is 0.0909. The van der Waals surface area contributed by atoms with Crippen molar-refractivity contribution in [1.82, 2.24) is 5.16 Å². The maximum atomic E-state index is 11.7. The van der Waals surface area contributed by atoms with E-state index in [0.717, 1.165) is 0 Å². The summed E-state index contributed by atoms with van der Waals surface area (Å²) in [5.41, 5.74) is 0.644. The Morgan fingerprint density at radius 1 is 1.50 bits per heavy atom. The minimum Gasteiger partial charge on any atom is -0.504 e. The van der Waals surface area contributed by atoms with E-state index in [1.54, 1.807) is 6.92 Å². The number of carbonyl (C=O) groups is 1. The van der Waals surface area contributed by atoms with Gasteiger partial charge in [0, 0.05) is 11.1 Å². The van der Waals surface area contributed by atoms with Crippen molar-refractivity contribution in [1.29, 1.82) is 0 Å². The van der Waals surface area contributed by atoms with Crippen LogP contribution in [0.4, 0.5) is 5.69 Å². The van der Waals surface area contributed by atoms with Crippen LogP contribution < -0.4 is 5.32 Å². The lowest BCUT2D eigenvalue weighted by Crippen LogP contribution is -2.11. The van der Waals surface area contributed by atoms with Crippen LogP contribution in [0, 0.1) is 6.92 Å². The van der Waals surface area contributed by atoms with Crippen molar-refractivity contribution >= 4 is 34.8 Å². The van der Waals surface area contributed by atoms with E-state index in [4.69, 9.17) is 23.2 Å². The average molecular weight is 287 g/mol. The Balaban J connectivity index is 2.33. The molecule has 0 aliphatic heterocycles. The van der Waals surface area contributed by atoms with Gasteiger partial charge in [0.25, 0.3) is 5.91 Å². The van der Waals surface area contributed by atoms with Crippen LogP contribution in [0.1, 0.15) is 16.1 Å². The van der Waals surface area contributed by atoms with Crippen molar-refractivity contribution < 1.29 is 14.4 Å². The summed E-state index contributed by atoms with van der Waals surface area (Å²) in [5, 5.41) is 16.1. The second-order valence-electron chi connectivity index (χ2n) is 3.52. The molecule has 5 nitrogen and oxygen atoms in total. The van der Waals surface area contributed by atoms with E-state index in [1.807, 2.05) is 0 Å². The molecule has 0 aliphatic rings.